The monoisotopic (exact) mass is 351 g/mol. The van der Waals surface area contributed by atoms with Crippen molar-refractivity contribution in [3.05, 3.63) is 0 Å². The van der Waals surface area contributed by atoms with Crippen LogP contribution in [0.15, 0.2) is 0 Å². The summed E-state index contributed by atoms with van der Waals surface area (Å²) in [5.41, 5.74) is 6.28. The molecule has 0 heterocycles. The predicted molar refractivity (Wildman–Crippen MR) is 114 cm³/mol. The molecule has 2 N–H and O–H groups in total. The minimum Gasteiger partial charge on any atom is -0.328 e. The van der Waals surface area contributed by atoms with E-state index in [2.05, 4.69) is 0 Å². The fourth-order valence-corrected chi connectivity index (χ4v) is 4.32. The summed E-state index contributed by atoms with van der Waals surface area (Å²) in [6, 6.07) is 0.477. The molecule has 0 radical (unpaired) electrons. The highest BCUT2D eigenvalue weighted by atomic mass is 14.6. The second kappa shape index (κ2) is 18.7. The first-order chi connectivity index (χ1) is 12.4. The third-order valence-electron chi connectivity index (χ3n) is 6.15. The van der Waals surface area contributed by atoms with Gasteiger partial charge in [0.2, 0.25) is 0 Å². The fourth-order valence-electron chi connectivity index (χ4n) is 4.32. The maximum Gasteiger partial charge on any atom is 0.00388 e. The Bertz CT molecular complexity index is 226. The Balaban J connectivity index is 2.07. The van der Waals surface area contributed by atoms with Crippen LogP contribution in [-0.4, -0.2) is 6.04 Å². The Morgan fingerprint density at radius 1 is 0.280 bits per heavy atom. The van der Waals surface area contributed by atoms with E-state index >= 15 is 0 Å². The largest absolute Gasteiger partial charge is 0.328 e. The van der Waals surface area contributed by atoms with Crippen LogP contribution >= 0.6 is 0 Å². The molecule has 0 atom stereocenters. The molecule has 0 aliphatic heterocycles. The van der Waals surface area contributed by atoms with E-state index in [1.54, 1.807) is 0 Å². The third-order valence-corrected chi connectivity index (χ3v) is 6.15. The predicted octanol–water partition coefficient (Wildman–Crippen LogP) is 8.30. The molecule has 1 rings (SSSR count). The molecule has 1 fully saturated rings. The summed E-state index contributed by atoms with van der Waals surface area (Å²) in [6.07, 6.45) is 33.1. The normalized spacial score (nSPS) is 24.4. The molecule has 0 spiro atoms. The van der Waals surface area contributed by atoms with Crippen molar-refractivity contribution in [1.29, 1.82) is 0 Å². The summed E-state index contributed by atoms with van der Waals surface area (Å²) in [7, 11) is 0. The lowest BCUT2D eigenvalue weighted by molar-refractivity contribution is 0.475. The molecule has 0 amide bonds. The van der Waals surface area contributed by atoms with Crippen molar-refractivity contribution < 1.29 is 0 Å². The van der Waals surface area contributed by atoms with Crippen LogP contribution in [0.5, 0.6) is 0 Å². The van der Waals surface area contributed by atoms with Crippen LogP contribution in [0.4, 0.5) is 0 Å². The average molecular weight is 352 g/mol. The van der Waals surface area contributed by atoms with Gasteiger partial charge in [0.05, 0.1) is 0 Å². The molecule has 1 aliphatic rings. The highest BCUT2D eigenvalue weighted by Gasteiger charge is 2.02. The van der Waals surface area contributed by atoms with Gasteiger partial charge in [-0.3, -0.25) is 0 Å². The van der Waals surface area contributed by atoms with Gasteiger partial charge in [-0.1, -0.05) is 135 Å². The van der Waals surface area contributed by atoms with Crippen molar-refractivity contribution in [2.24, 2.45) is 5.73 Å². The van der Waals surface area contributed by atoms with E-state index in [4.69, 9.17) is 5.73 Å². The second-order valence-corrected chi connectivity index (χ2v) is 8.76. The molecule has 1 nitrogen and oxygen atoms in total. The zero-order valence-corrected chi connectivity index (χ0v) is 17.4. The molecule has 0 saturated heterocycles. The van der Waals surface area contributed by atoms with Gasteiger partial charge in [0.1, 0.15) is 0 Å². The molecule has 0 aromatic rings. The van der Waals surface area contributed by atoms with Crippen molar-refractivity contribution in [3.8, 4) is 0 Å². The molecule has 150 valence electrons. The number of rotatable bonds is 0. The number of nitrogens with two attached hydrogens (primary N) is 1. The number of hydrogen-bond acceptors (Lipinski definition) is 1. The van der Waals surface area contributed by atoms with E-state index in [-0.39, 0.29) is 0 Å². The molecule has 1 aliphatic carbocycles. The maximum absolute atomic E-state index is 6.28. The first-order valence-electron chi connectivity index (χ1n) is 12.1. The standard InChI is InChI=1S/C24H49N/c25-24-22-20-18-16-14-12-10-8-6-4-2-1-3-5-7-9-11-13-15-17-19-21-23-24/h24H,1-23,25H2. The van der Waals surface area contributed by atoms with E-state index in [9.17, 15) is 0 Å². The van der Waals surface area contributed by atoms with Crippen LogP contribution in [0.25, 0.3) is 0 Å². The third kappa shape index (κ3) is 17.1. The van der Waals surface area contributed by atoms with Gasteiger partial charge in [-0.25, -0.2) is 0 Å². The van der Waals surface area contributed by atoms with Gasteiger partial charge in [0, 0.05) is 6.04 Å². The van der Waals surface area contributed by atoms with Crippen LogP contribution in [0.3, 0.4) is 0 Å². The molecular formula is C24H49N. The van der Waals surface area contributed by atoms with Gasteiger partial charge in [-0.15, -0.1) is 0 Å². The second-order valence-electron chi connectivity index (χ2n) is 8.76. The van der Waals surface area contributed by atoms with Crippen LogP contribution in [-0.2, 0) is 0 Å². The first-order valence-corrected chi connectivity index (χ1v) is 12.1. The lowest BCUT2D eigenvalue weighted by Crippen LogP contribution is -2.19. The minimum atomic E-state index is 0.477. The first kappa shape index (κ1) is 23.0. The van der Waals surface area contributed by atoms with Crippen LogP contribution in [0, 0.1) is 0 Å². The molecule has 0 unspecified atom stereocenters. The molecule has 1 saturated carbocycles. The highest BCUT2D eigenvalue weighted by Crippen LogP contribution is 2.16. The van der Waals surface area contributed by atoms with Crippen molar-refractivity contribution in [1.82, 2.24) is 0 Å². The summed E-state index contributed by atoms with van der Waals surface area (Å²) in [5, 5.41) is 0. The average Bonchev–Trinajstić information content (AvgIpc) is 2.61. The van der Waals surface area contributed by atoms with E-state index in [1.807, 2.05) is 0 Å². The van der Waals surface area contributed by atoms with E-state index in [1.165, 1.54) is 148 Å². The van der Waals surface area contributed by atoms with E-state index in [0.29, 0.717) is 6.04 Å². The quantitative estimate of drug-likeness (QED) is 0.466. The Hall–Kier alpha value is -0.0400. The fraction of sp³-hybridized carbons (Fsp3) is 1.00. The molecule has 1 heteroatoms. The van der Waals surface area contributed by atoms with Crippen LogP contribution in [0.1, 0.15) is 148 Å². The van der Waals surface area contributed by atoms with Gasteiger partial charge in [0.15, 0.2) is 0 Å². The summed E-state index contributed by atoms with van der Waals surface area (Å²) < 4.78 is 0. The molecule has 0 aromatic heterocycles. The minimum absolute atomic E-state index is 0.477. The molecule has 0 aromatic carbocycles. The smallest absolute Gasteiger partial charge is 0.00388 e. The highest BCUT2D eigenvalue weighted by molar-refractivity contribution is 4.62. The van der Waals surface area contributed by atoms with Gasteiger partial charge >= 0.3 is 0 Å². The summed E-state index contributed by atoms with van der Waals surface area (Å²) in [4.78, 5) is 0. The molecule has 25 heavy (non-hydrogen) atoms. The summed E-state index contributed by atoms with van der Waals surface area (Å²) in [6.45, 7) is 0. The summed E-state index contributed by atoms with van der Waals surface area (Å²) >= 11 is 0. The Morgan fingerprint density at radius 3 is 0.640 bits per heavy atom. The van der Waals surface area contributed by atoms with E-state index < -0.39 is 0 Å². The lowest BCUT2D eigenvalue weighted by atomic mass is 9.99. The van der Waals surface area contributed by atoms with Gasteiger partial charge in [-0.2, -0.15) is 0 Å². The van der Waals surface area contributed by atoms with Gasteiger partial charge < -0.3 is 5.73 Å². The van der Waals surface area contributed by atoms with Crippen molar-refractivity contribution >= 4 is 0 Å². The van der Waals surface area contributed by atoms with Crippen molar-refractivity contribution in [2.75, 3.05) is 0 Å². The molecule has 0 bridgehead atoms. The van der Waals surface area contributed by atoms with Crippen LogP contribution < -0.4 is 5.73 Å². The summed E-state index contributed by atoms with van der Waals surface area (Å²) in [5.74, 6) is 0. The van der Waals surface area contributed by atoms with Crippen molar-refractivity contribution in [2.45, 2.75) is 154 Å². The zero-order valence-electron chi connectivity index (χ0n) is 17.4. The van der Waals surface area contributed by atoms with Gasteiger partial charge in [-0.05, 0) is 12.8 Å². The lowest BCUT2D eigenvalue weighted by Gasteiger charge is -2.11. The molecular weight excluding hydrogens is 302 g/mol. The maximum atomic E-state index is 6.28. The van der Waals surface area contributed by atoms with Gasteiger partial charge in [0.25, 0.3) is 0 Å². The topological polar surface area (TPSA) is 26.0 Å². The Kier molecular flexibility index (Phi) is 17.2. The SMILES string of the molecule is NC1CCCCCCCCCCCCCCCCCCCCCCC1. The Morgan fingerprint density at radius 2 is 0.440 bits per heavy atom. The van der Waals surface area contributed by atoms with Crippen molar-refractivity contribution in [3.63, 3.8) is 0 Å². The van der Waals surface area contributed by atoms with Crippen LogP contribution in [0.2, 0.25) is 0 Å². The Labute approximate surface area is 159 Å². The van der Waals surface area contributed by atoms with E-state index in [0.717, 1.165) is 0 Å². The zero-order chi connectivity index (χ0) is 17.8. The number of hydrogen-bond donors (Lipinski definition) is 1.